The maximum absolute atomic E-state index is 14.2. The van der Waals surface area contributed by atoms with Crippen LogP contribution < -0.4 is 4.74 Å². The van der Waals surface area contributed by atoms with E-state index < -0.39 is 29.0 Å². The van der Waals surface area contributed by atoms with Crippen LogP contribution in [0, 0.1) is 27.7 Å². The molecule has 0 saturated heterocycles. The molecule has 0 radical (unpaired) electrons. The van der Waals surface area contributed by atoms with Gasteiger partial charge in [0.25, 0.3) is 11.8 Å². The van der Waals surface area contributed by atoms with Gasteiger partial charge in [-0.1, -0.05) is 59.1 Å². The van der Waals surface area contributed by atoms with Crippen molar-refractivity contribution in [2.75, 3.05) is 7.11 Å². The van der Waals surface area contributed by atoms with Crippen LogP contribution in [0.2, 0.25) is 0 Å². The van der Waals surface area contributed by atoms with Gasteiger partial charge < -0.3 is 9.47 Å². The van der Waals surface area contributed by atoms with Gasteiger partial charge in [0.2, 0.25) is 5.56 Å². The summed E-state index contributed by atoms with van der Waals surface area (Å²) < 4.78 is 11.0. The van der Waals surface area contributed by atoms with Gasteiger partial charge in [-0.3, -0.25) is 9.59 Å². The third-order valence-electron chi connectivity index (χ3n) is 6.23. The first-order chi connectivity index (χ1) is 18.3. The largest absolute Gasteiger partial charge is 0.496 e. The molecule has 0 aromatic heterocycles. The van der Waals surface area contributed by atoms with E-state index in [1.165, 1.54) is 7.11 Å². The normalized spacial score (nSPS) is 11.9. The number of imide groups is 1. The molecule has 39 heavy (non-hydrogen) atoms. The zero-order valence-corrected chi connectivity index (χ0v) is 24.4. The Morgan fingerprint density at radius 1 is 0.846 bits per heavy atom. The van der Waals surface area contributed by atoms with E-state index in [1.807, 2.05) is 39.0 Å². The Labute approximate surface area is 235 Å². The first-order valence-electron chi connectivity index (χ1n) is 12.6. The topological polar surface area (TPSA) is 76.2 Å². The lowest BCUT2D eigenvalue weighted by atomic mass is 10.0. The SMILES string of the molecule is COc1cccc(C(=O)N(C(=O)OC(Cl)c2ccccc2C)N(C(=O)c2cc(C)cc(C)c2)C(C)(C)C)c1C. The van der Waals surface area contributed by atoms with E-state index in [2.05, 4.69) is 0 Å². The molecule has 0 bridgehead atoms. The van der Waals surface area contributed by atoms with Crippen molar-refractivity contribution in [1.82, 2.24) is 10.0 Å². The predicted molar refractivity (Wildman–Crippen MR) is 152 cm³/mol. The molecule has 0 aliphatic rings. The van der Waals surface area contributed by atoms with E-state index in [1.54, 1.807) is 70.2 Å². The monoisotopic (exact) mass is 550 g/mol. The van der Waals surface area contributed by atoms with Crippen LogP contribution in [0.3, 0.4) is 0 Å². The zero-order valence-electron chi connectivity index (χ0n) is 23.7. The molecule has 8 heteroatoms. The molecular formula is C31H35ClN2O5. The van der Waals surface area contributed by atoms with Gasteiger partial charge in [0.15, 0.2) is 0 Å². The highest BCUT2D eigenvalue weighted by Gasteiger charge is 2.42. The summed E-state index contributed by atoms with van der Waals surface area (Å²) in [7, 11) is 1.49. The van der Waals surface area contributed by atoms with Crippen molar-refractivity contribution in [2.45, 2.75) is 59.6 Å². The molecule has 0 spiro atoms. The number of benzene rings is 3. The van der Waals surface area contributed by atoms with E-state index in [4.69, 9.17) is 21.1 Å². The minimum Gasteiger partial charge on any atom is -0.496 e. The Balaban J connectivity index is 2.17. The van der Waals surface area contributed by atoms with Crippen molar-refractivity contribution in [3.05, 3.63) is 99.6 Å². The number of halogens is 1. The molecule has 206 valence electrons. The Morgan fingerprint density at radius 2 is 1.46 bits per heavy atom. The molecule has 1 unspecified atom stereocenters. The quantitative estimate of drug-likeness (QED) is 0.246. The van der Waals surface area contributed by atoms with Gasteiger partial charge in [-0.15, -0.1) is 5.01 Å². The van der Waals surface area contributed by atoms with Gasteiger partial charge in [0, 0.05) is 22.3 Å². The number of rotatable bonds is 5. The second-order valence-corrected chi connectivity index (χ2v) is 10.9. The van der Waals surface area contributed by atoms with Gasteiger partial charge in [-0.05, 0) is 78.3 Å². The number of ether oxygens (including phenoxy) is 2. The predicted octanol–water partition coefficient (Wildman–Crippen LogP) is 7.30. The van der Waals surface area contributed by atoms with E-state index in [0.29, 0.717) is 22.4 Å². The molecule has 0 aliphatic heterocycles. The fraction of sp³-hybridized carbons (Fsp3) is 0.323. The molecule has 0 N–H and O–H groups in total. The van der Waals surface area contributed by atoms with E-state index >= 15 is 0 Å². The fourth-order valence-electron chi connectivity index (χ4n) is 4.40. The summed E-state index contributed by atoms with van der Waals surface area (Å²) in [6.45, 7) is 12.5. The van der Waals surface area contributed by atoms with Crippen LogP contribution in [0.15, 0.2) is 60.7 Å². The van der Waals surface area contributed by atoms with Crippen molar-refractivity contribution in [3.8, 4) is 5.75 Å². The highest BCUT2D eigenvalue weighted by atomic mass is 35.5. The summed E-state index contributed by atoms with van der Waals surface area (Å²) in [4.78, 5) is 42.1. The van der Waals surface area contributed by atoms with Crippen molar-refractivity contribution in [1.29, 1.82) is 0 Å². The number of nitrogens with zero attached hydrogens (tertiary/aromatic N) is 2. The second-order valence-electron chi connectivity index (χ2n) is 10.5. The molecule has 3 amide bonds. The molecular weight excluding hydrogens is 516 g/mol. The van der Waals surface area contributed by atoms with Gasteiger partial charge in [0.05, 0.1) is 12.6 Å². The van der Waals surface area contributed by atoms with Crippen molar-refractivity contribution >= 4 is 29.5 Å². The average molecular weight is 551 g/mol. The van der Waals surface area contributed by atoms with Crippen LogP contribution in [0.5, 0.6) is 5.75 Å². The van der Waals surface area contributed by atoms with Gasteiger partial charge in [0.1, 0.15) is 5.75 Å². The first kappa shape index (κ1) is 29.7. The summed E-state index contributed by atoms with van der Waals surface area (Å²) in [5, 5.41) is 1.88. The lowest BCUT2D eigenvalue weighted by molar-refractivity contribution is -0.0421. The maximum atomic E-state index is 14.2. The Bertz CT molecular complexity index is 1380. The van der Waals surface area contributed by atoms with Crippen LogP contribution in [-0.4, -0.2) is 40.6 Å². The van der Waals surface area contributed by atoms with Crippen molar-refractivity contribution in [2.24, 2.45) is 0 Å². The Kier molecular flexibility index (Phi) is 9.07. The summed E-state index contributed by atoms with van der Waals surface area (Å²) in [6.07, 6.45) is -1.09. The fourth-order valence-corrected chi connectivity index (χ4v) is 4.72. The second kappa shape index (κ2) is 11.9. The Hall–Kier alpha value is -3.84. The molecule has 0 saturated carbocycles. The lowest BCUT2D eigenvalue weighted by Crippen LogP contribution is -2.60. The van der Waals surface area contributed by atoms with Crippen molar-refractivity contribution in [3.63, 3.8) is 0 Å². The average Bonchev–Trinajstić information content (AvgIpc) is 2.85. The number of aryl methyl sites for hydroxylation is 3. The molecule has 3 aromatic rings. The van der Waals surface area contributed by atoms with Gasteiger partial charge >= 0.3 is 6.09 Å². The highest BCUT2D eigenvalue weighted by molar-refractivity contribution is 6.20. The smallest absolute Gasteiger partial charge is 0.438 e. The number of hydrazine groups is 1. The lowest BCUT2D eigenvalue weighted by Gasteiger charge is -2.41. The zero-order chi connectivity index (χ0) is 29.1. The van der Waals surface area contributed by atoms with E-state index in [0.717, 1.165) is 26.7 Å². The molecule has 0 aliphatic carbocycles. The maximum Gasteiger partial charge on any atom is 0.438 e. The van der Waals surface area contributed by atoms with Crippen LogP contribution in [0.4, 0.5) is 4.79 Å². The minimum atomic E-state index is -1.20. The number of carbonyl (C=O) groups is 3. The van der Waals surface area contributed by atoms with E-state index in [9.17, 15) is 14.4 Å². The number of alkyl halides is 1. The molecule has 3 aromatic carbocycles. The van der Waals surface area contributed by atoms with Gasteiger partial charge in [-0.25, -0.2) is 9.80 Å². The minimum absolute atomic E-state index is 0.177. The molecule has 1 atom stereocenters. The van der Waals surface area contributed by atoms with Crippen molar-refractivity contribution < 1.29 is 23.9 Å². The summed E-state index contributed by atoms with van der Waals surface area (Å²) >= 11 is 6.53. The van der Waals surface area contributed by atoms with Crippen LogP contribution in [0.1, 0.15) is 74.9 Å². The number of carbonyl (C=O) groups excluding carboxylic acids is 3. The number of hydrogen-bond donors (Lipinski definition) is 0. The molecule has 0 heterocycles. The number of methoxy groups -OCH3 is 1. The standard InChI is InChI=1S/C31H35ClN2O5/c1-19-16-20(2)18-23(17-19)28(35)34(31(5,6)7)33(29(36)25-14-11-15-26(38-8)22(25)4)30(37)39-27(32)24-13-10-9-12-21(24)3/h9-18,27H,1-8H3. The number of hydrogen-bond acceptors (Lipinski definition) is 5. The molecule has 3 rings (SSSR count). The molecule has 7 nitrogen and oxygen atoms in total. The Morgan fingerprint density at radius 3 is 2.03 bits per heavy atom. The summed E-state index contributed by atoms with van der Waals surface area (Å²) in [6, 6.07) is 17.5. The molecule has 0 fully saturated rings. The van der Waals surface area contributed by atoms with E-state index in [-0.39, 0.29) is 5.56 Å². The summed E-state index contributed by atoms with van der Waals surface area (Å²) in [5.41, 5.74) is 1.93. The summed E-state index contributed by atoms with van der Waals surface area (Å²) in [5.74, 6) is -0.827. The van der Waals surface area contributed by atoms with Gasteiger partial charge in [-0.2, -0.15) is 0 Å². The van der Waals surface area contributed by atoms with Crippen LogP contribution in [0.25, 0.3) is 0 Å². The third-order valence-corrected chi connectivity index (χ3v) is 6.56. The third kappa shape index (κ3) is 6.60. The van der Waals surface area contributed by atoms with Crippen LogP contribution >= 0.6 is 11.6 Å². The first-order valence-corrected chi connectivity index (χ1v) is 13.0. The number of amides is 3. The van der Waals surface area contributed by atoms with Crippen LogP contribution in [-0.2, 0) is 4.74 Å². The highest BCUT2D eigenvalue weighted by Crippen LogP contribution is 2.30.